The van der Waals surface area contributed by atoms with Crippen molar-refractivity contribution in [3.8, 4) is 0 Å². The molecule has 0 amide bonds. The minimum Gasteiger partial charge on any atom is -0.387 e. The third-order valence-corrected chi connectivity index (χ3v) is 1.66. The maximum atomic E-state index is 11.4. The number of carbonyl (C=O) groups excluding carboxylic acids is 3. The first-order chi connectivity index (χ1) is 6.46. The van der Waals surface area contributed by atoms with Crippen molar-refractivity contribution >= 4 is 17.7 Å². The van der Waals surface area contributed by atoms with Crippen LogP contribution in [0.1, 0.15) is 41.5 Å². The van der Waals surface area contributed by atoms with Gasteiger partial charge in [0.1, 0.15) is 0 Å². The van der Waals surface area contributed by atoms with Gasteiger partial charge in [0, 0.05) is 22.5 Å². The normalized spacial score (nSPS) is 11.4. The Kier molecular flexibility index (Phi) is 6.20. The Bertz CT molecular complexity index is 294. The molecule has 4 nitrogen and oxygen atoms in total. The number of hydrogen-bond acceptors (Lipinski definition) is 4. The molecule has 0 aromatic heterocycles. The van der Waals surface area contributed by atoms with Gasteiger partial charge in [-0.25, -0.2) is 4.79 Å². The first-order valence-corrected chi connectivity index (χ1v) is 4.77. The molecule has 0 aliphatic rings. The van der Waals surface area contributed by atoms with Gasteiger partial charge in [0.2, 0.25) is 5.78 Å². The summed E-state index contributed by atoms with van der Waals surface area (Å²) in [7, 11) is 0. The van der Waals surface area contributed by atoms with E-state index in [2.05, 4.69) is 4.74 Å². The van der Waals surface area contributed by atoms with Crippen LogP contribution in [0.3, 0.4) is 0 Å². The van der Waals surface area contributed by atoms with Crippen molar-refractivity contribution in [2.45, 2.75) is 41.5 Å². The Morgan fingerprint density at radius 3 is 1.44 bits per heavy atom. The van der Waals surface area contributed by atoms with Crippen LogP contribution in [0.15, 0.2) is 0 Å². The fraction of sp³-hybridized carbons (Fsp3) is 0.727. The Labute approximate surface area is 107 Å². The van der Waals surface area contributed by atoms with Crippen molar-refractivity contribution in [2.24, 2.45) is 10.8 Å². The van der Waals surface area contributed by atoms with Crippen LogP contribution in [0.25, 0.3) is 0 Å². The molecule has 0 rings (SSSR count). The summed E-state index contributed by atoms with van der Waals surface area (Å²) >= 11 is 0. The average Bonchev–Trinajstić information content (AvgIpc) is 1.99. The van der Waals surface area contributed by atoms with Crippen molar-refractivity contribution in [2.75, 3.05) is 0 Å². The molecule has 1 radical (unpaired) electrons. The molecule has 0 heterocycles. The van der Waals surface area contributed by atoms with E-state index < -0.39 is 28.6 Å². The topological polar surface area (TPSA) is 60.4 Å². The molecule has 0 unspecified atom stereocenters. The molecule has 5 heteroatoms. The second kappa shape index (κ2) is 5.60. The second-order valence-corrected chi connectivity index (χ2v) is 5.51. The third-order valence-electron chi connectivity index (χ3n) is 1.66. The predicted molar refractivity (Wildman–Crippen MR) is 55.0 cm³/mol. The summed E-state index contributed by atoms with van der Waals surface area (Å²) in [5.74, 6) is -2.47. The van der Waals surface area contributed by atoms with Gasteiger partial charge in [0.15, 0.2) is 0 Å². The molecule has 97 valence electrons. The summed E-state index contributed by atoms with van der Waals surface area (Å²) in [4.78, 5) is 34.0. The summed E-state index contributed by atoms with van der Waals surface area (Å²) in [5, 5.41) is 0. The zero-order valence-electron chi connectivity index (χ0n) is 10.4. The van der Waals surface area contributed by atoms with E-state index in [1.165, 1.54) is 0 Å². The number of rotatable bonds is 1. The number of Topliss-reactive ketones (excluding diaryl/α,β-unsaturated/α-hetero) is 1. The van der Waals surface area contributed by atoms with Crippen LogP contribution in [-0.4, -0.2) is 17.7 Å². The van der Waals surface area contributed by atoms with Gasteiger partial charge in [-0.2, -0.15) is 0 Å². The van der Waals surface area contributed by atoms with E-state index in [1.54, 1.807) is 41.5 Å². The fourth-order valence-corrected chi connectivity index (χ4v) is 0.590. The van der Waals surface area contributed by atoms with E-state index in [-0.39, 0.29) is 17.1 Å². The van der Waals surface area contributed by atoms with Crippen molar-refractivity contribution < 1.29 is 36.2 Å². The van der Waals surface area contributed by atoms with Crippen LogP contribution >= 0.6 is 0 Å². The van der Waals surface area contributed by atoms with Crippen LogP contribution < -0.4 is 0 Å². The Morgan fingerprint density at radius 2 is 1.19 bits per heavy atom. The molecular formula is C11H18CuO4. The molecule has 0 aliphatic heterocycles. The summed E-state index contributed by atoms with van der Waals surface area (Å²) in [5.41, 5.74) is -1.61. The van der Waals surface area contributed by atoms with Crippen molar-refractivity contribution in [1.29, 1.82) is 0 Å². The molecule has 0 N–H and O–H groups in total. The van der Waals surface area contributed by atoms with Crippen LogP contribution in [0.2, 0.25) is 0 Å². The third kappa shape index (κ3) is 5.42. The molecule has 16 heavy (non-hydrogen) atoms. The van der Waals surface area contributed by atoms with Gasteiger partial charge < -0.3 is 4.74 Å². The molecule has 0 atom stereocenters. The van der Waals surface area contributed by atoms with Gasteiger partial charge in [0.25, 0.3) is 0 Å². The number of ether oxygens (including phenoxy) is 1. The van der Waals surface area contributed by atoms with E-state index in [4.69, 9.17) is 0 Å². The molecule has 0 fully saturated rings. The summed E-state index contributed by atoms with van der Waals surface area (Å²) in [6, 6.07) is 0. The molecule has 0 spiro atoms. The Balaban J connectivity index is 0. The molecule has 0 aromatic rings. The number of carbonyl (C=O) groups is 3. The van der Waals surface area contributed by atoms with Gasteiger partial charge in [-0.15, -0.1) is 0 Å². The standard InChI is InChI=1S/C11H18O4.Cu/c1-10(2,3)7(12)8(13)15-9(14)11(4,5)6;/h1-6H3;. The van der Waals surface area contributed by atoms with Gasteiger partial charge >= 0.3 is 11.9 Å². The van der Waals surface area contributed by atoms with Crippen LogP contribution in [-0.2, 0) is 36.2 Å². The summed E-state index contributed by atoms with van der Waals surface area (Å²) < 4.78 is 4.48. The monoisotopic (exact) mass is 277 g/mol. The Morgan fingerprint density at radius 1 is 0.812 bits per heavy atom. The maximum Gasteiger partial charge on any atom is 0.382 e. The minimum absolute atomic E-state index is 0. The first kappa shape index (κ1) is 17.7. The van der Waals surface area contributed by atoms with Crippen molar-refractivity contribution in [1.82, 2.24) is 0 Å². The van der Waals surface area contributed by atoms with Crippen LogP contribution in [0.4, 0.5) is 0 Å². The zero-order valence-corrected chi connectivity index (χ0v) is 11.4. The average molecular weight is 278 g/mol. The van der Waals surface area contributed by atoms with Crippen LogP contribution in [0, 0.1) is 10.8 Å². The SMILES string of the molecule is CC(C)(C)C(=O)OC(=O)C(=O)C(C)(C)C.[Cu]. The quantitative estimate of drug-likeness (QED) is 0.317. The smallest absolute Gasteiger partial charge is 0.382 e. The molecule has 0 bridgehead atoms. The minimum atomic E-state index is -1.08. The van der Waals surface area contributed by atoms with E-state index in [0.717, 1.165) is 0 Å². The molecule has 0 saturated heterocycles. The predicted octanol–water partition coefficient (Wildman–Crippen LogP) is 1.71. The molecule has 0 saturated carbocycles. The van der Waals surface area contributed by atoms with E-state index in [9.17, 15) is 14.4 Å². The number of ketones is 1. The fourth-order valence-electron chi connectivity index (χ4n) is 0.590. The number of esters is 2. The zero-order chi connectivity index (χ0) is 12.4. The van der Waals surface area contributed by atoms with Crippen LogP contribution in [0.5, 0.6) is 0 Å². The first-order valence-electron chi connectivity index (χ1n) is 4.77. The van der Waals surface area contributed by atoms with Gasteiger partial charge in [-0.3, -0.25) is 9.59 Å². The summed E-state index contributed by atoms with van der Waals surface area (Å²) in [6.07, 6.45) is 0. The summed E-state index contributed by atoms with van der Waals surface area (Å²) in [6.45, 7) is 9.63. The molecular weight excluding hydrogens is 260 g/mol. The van der Waals surface area contributed by atoms with E-state index >= 15 is 0 Å². The molecule has 0 aromatic carbocycles. The van der Waals surface area contributed by atoms with Crippen molar-refractivity contribution in [3.05, 3.63) is 0 Å². The second-order valence-electron chi connectivity index (χ2n) is 5.51. The van der Waals surface area contributed by atoms with Gasteiger partial charge in [0.05, 0.1) is 5.41 Å². The Hall–Kier alpha value is -0.671. The van der Waals surface area contributed by atoms with Gasteiger partial charge in [-0.05, 0) is 20.8 Å². The van der Waals surface area contributed by atoms with E-state index in [1.807, 2.05) is 0 Å². The molecule has 0 aliphatic carbocycles. The van der Waals surface area contributed by atoms with E-state index in [0.29, 0.717) is 0 Å². The maximum absolute atomic E-state index is 11.4. The van der Waals surface area contributed by atoms with Gasteiger partial charge in [-0.1, -0.05) is 20.8 Å². The largest absolute Gasteiger partial charge is 0.387 e. The number of hydrogen-bond donors (Lipinski definition) is 0. The van der Waals surface area contributed by atoms with Crippen molar-refractivity contribution in [3.63, 3.8) is 0 Å².